The molecule has 1 amide bonds. The van der Waals surface area contributed by atoms with Crippen molar-refractivity contribution in [3.05, 3.63) is 89.9 Å². The molecule has 4 heterocycles. The number of pyridine rings is 1. The number of imidazole rings is 1. The number of anilines is 1. The topological polar surface area (TPSA) is 101 Å². The molecule has 3 aromatic heterocycles. The van der Waals surface area contributed by atoms with E-state index < -0.39 is 0 Å². The van der Waals surface area contributed by atoms with Gasteiger partial charge in [-0.15, -0.1) is 0 Å². The monoisotopic (exact) mass is 546 g/mol. The molecule has 0 saturated carbocycles. The zero-order chi connectivity index (χ0) is 27.0. The number of amides is 1. The van der Waals surface area contributed by atoms with Crippen molar-refractivity contribution in [3.8, 4) is 11.7 Å². The van der Waals surface area contributed by atoms with E-state index in [4.69, 9.17) is 21.3 Å². The number of rotatable bonds is 10. The Balaban J connectivity index is 1.26. The summed E-state index contributed by atoms with van der Waals surface area (Å²) in [6.07, 6.45) is 7.16. The molecule has 1 aliphatic heterocycles. The lowest BCUT2D eigenvalue weighted by atomic mass is 10.1. The van der Waals surface area contributed by atoms with E-state index >= 15 is 0 Å². The van der Waals surface area contributed by atoms with Crippen LogP contribution in [-0.4, -0.2) is 74.1 Å². The van der Waals surface area contributed by atoms with Crippen LogP contribution in [-0.2, 0) is 11.3 Å². The summed E-state index contributed by atoms with van der Waals surface area (Å²) < 4.78 is 7.47. The van der Waals surface area contributed by atoms with Crippen LogP contribution in [0, 0.1) is 6.92 Å². The highest BCUT2D eigenvalue weighted by atomic mass is 35.5. The molecule has 1 fully saturated rings. The molecule has 1 aliphatic rings. The third-order valence-electron chi connectivity index (χ3n) is 6.51. The average molecular weight is 547 g/mol. The van der Waals surface area contributed by atoms with Crippen molar-refractivity contribution >= 4 is 23.3 Å². The number of hydrogen-bond donors (Lipinski definition) is 1. The highest BCUT2D eigenvalue weighted by molar-refractivity contribution is 6.29. The first-order chi connectivity index (χ1) is 19.0. The quantitative estimate of drug-likeness (QED) is 0.239. The van der Waals surface area contributed by atoms with Gasteiger partial charge in [-0.25, -0.2) is 9.97 Å². The number of piperazine rings is 1. The van der Waals surface area contributed by atoms with Crippen LogP contribution in [0.3, 0.4) is 0 Å². The molecule has 10 nitrogen and oxygen atoms in total. The zero-order valence-electron chi connectivity index (χ0n) is 21.8. The Morgan fingerprint density at radius 1 is 1.13 bits per heavy atom. The van der Waals surface area contributed by atoms with Gasteiger partial charge in [0.2, 0.25) is 11.9 Å². The SMILES string of the molecule is Cc1ccc(OCCNC(=O)CC2CN(Cc3ccccn3)CCN2c2cc(Cl)nc(-n3ccnc3)n2)cc1. The fraction of sp³-hybridized carbons (Fsp3) is 0.321. The minimum atomic E-state index is -0.123. The van der Waals surface area contributed by atoms with Gasteiger partial charge in [-0.2, -0.15) is 4.98 Å². The molecule has 5 rings (SSSR count). The molecule has 0 radical (unpaired) electrons. The number of nitrogens with zero attached hydrogens (tertiary/aromatic N) is 7. The number of aromatic nitrogens is 5. The first-order valence-corrected chi connectivity index (χ1v) is 13.3. The van der Waals surface area contributed by atoms with Gasteiger partial charge in [-0.05, 0) is 31.2 Å². The lowest BCUT2D eigenvalue weighted by Gasteiger charge is -2.42. The maximum atomic E-state index is 13.0. The molecule has 39 heavy (non-hydrogen) atoms. The maximum Gasteiger partial charge on any atom is 0.238 e. The van der Waals surface area contributed by atoms with Crippen LogP contribution in [0.25, 0.3) is 5.95 Å². The van der Waals surface area contributed by atoms with Gasteiger partial charge in [0.05, 0.1) is 18.3 Å². The predicted octanol–water partition coefficient (Wildman–Crippen LogP) is 3.30. The summed E-state index contributed by atoms with van der Waals surface area (Å²) >= 11 is 6.40. The van der Waals surface area contributed by atoms with Gasteiger partial charge in [0.1, 0.15) is 29.7 Å². The van der Waals surface area contributed by atoms with Gasteiger partial charge >= 0.3 is 0 Å². The standard InChI is InChI=1S/C28H31ClN8O2/c1-21-5-7-24(8-6-21)39-15-11-32-27(38)16-23-19-35(18-22-4-2-3-9-31-22)13-14-37(23)26-17-25(29)33-28(34-26)36-12-10-30-20-36/h2-10,12,17,20,23H,11,13-16,18-19H2,1H3,(H,32,38). The van der Waals surface area contributed by atoms with Crippen molar-refractivity contribution in [1.29, 1.82) is 0 Å². The minimum Gasteiger partial charge on any atom is -0.492 e. The molecule has 1 unspecified atom stereocenters. The Morgan fingerprint density at radius 3 is 2.77 bits per heavy atom. The number of carbonyl (C=O) groups excluding carboxylic acids is 1. The molecular weight excluding hydrogens is 516 g/mol. The summed E-state index contributed by atoms with van der Waals surface area (Å²) in [7, 11) is 0. The molecule has 11 heteroatoms. The van der Waals surface area contributed by atoms with Crippen LogP contribution in [0.2, 0.25) is 5.15 Å². The molecular formula is C28H31ClN8O2. The second-order valence-corrected chi connectivity index (χ2v) is 9.83. The molecule has 202 valence electrons. The molecule has 1 aromatic carbocycles. The second kappa shape index (κ2) is 12.7. The Labute approximate surface area is 232 Å². The highest BCUT2D eigenvalue weighted by Gasteiger charge is 2.30. The molecule has 0 bridgehead atoms. The smallest absolute Gasteiger partial charge is 0.238 e. The highest BCUT2D eigenvalue weighted by Crippen LogP contribution is 2.25. The van der Waals surface area contributed by atoms with Crippen molar-refractivity contribution in [1.82, 2.24) is 34.7 Å². The summed E-state index contributed by atoms with van der Waals surface area (Å²) in [4.78, 5) is 35.1. The minimum absolute atomic E-state index is 0.0489. The van der Waals surface area contributed by atoms with Gasteiger partial charge < -0.3 is 15.0 Å². The van der Waals surface area contributed by atoms with Gasteiger partial charge in [0.25, 0.3) is 0 Å². The largest absolute Gasteiger partial charge is 0.492 e. The van der Waals surface area contributed by atoms with E-state index in [0.29, 0.717) is 56.1 Å². The normalized spacial score (nSPS) is 15.7. The lowest BCUT2D eigenvalue weighted by molar-refractivity contribution is -0.121. The second-order valence-electron chi connectivity index (χ2n) is 9.44. The van der Waals surface area contributed by atoms with Crippen LogP contribution in [0.15, 0.2) is 73.4 Å². The number of carbonyl (C=O) groups is 1. The van der Waals surface area contributed by atoms with Crippen LogP contribution in [0.4, 0.5) is 5.82 Å². The zero-order valence-corrected chi connectivity index (χ0v) is 22.5. The van der Waals surface area contributed by atoms with Gasteiger partial charge in [-0.1, -0.05) is 35.4 Å². The fourth-order valence-electron chi connectivity index (χ4n) is 4.57. The molecule has 1 saturated heterocycles. The lowest BCUT2D eigenvalue weighted by Crippen LogP contribution is -2.54. The molecule has 1 N–H and O–H groups in total. The van der Waals surface area contributed by atoms with Crippen molar-refractivity contribution < 1.29 is 9.53 Å². The Hall–Kier alpha value is -4.02. The Morgan fingerprint density at radius 2 is 2.00 bits per heavy atom. The maximum absolute atomic E-state index is 13.0. The Bertz CT molecular complexity index is 1350. The Kier molecular flexibility index (Phi) is 8.65. The van der Waals surface area contributed by atoms with E-state index in [1.165, 1.54) is 5.56 Å². The number of benzene rings is 1. The number of halogens is 1. The molecule has 0 aliphatic carbocycles. The number of nitrogens with one attached hydrogen (secondary N) is 1. The summed E-state index contributed by atoms with van der Waals surface area (Å²) in [5, 5.41) is 3.33. The summed E-state index contributed by atoms with van der Waals surface area (Å²) in [5.41, 5.74) is 2.17. The molecule has 4 aromatic rings. The average Bonchev–Trinajstić information content (AvgIpc) is 3.48. The third-order valence-corrected chi connectivity index (χ3v) is 6.71. The number of hydrogen-bond acceptors (Lipinski definition) is 8. The molecule has 0 spiro atoms. The summed E-state index contributed by atoms with van der Waals surface area (Å²) in [6.45, 7) is 5.70. The van der Waals surface area contributed by atoms with Crippen LogP contribution >= 0.6 is 11.6 Å². The van der Waals surface area contributed by atoms with E-state index in [0.717, 1.165) is 18.0 Å². The van der Waals surface area contributed by atoms with Crippen LogP contribution in [0.5, 0.6) is 5.75 Å². The van der Waals surface area contributed by atoms with Gasteiger partial charge in [0, 0.05) is 57.3 Å². The molecule has 1 atom stereocenters. The van der Waals surface area contributed by atoms with Gasteiger partial charge in [-0.3, -0.25) is 19.2 Å². The van der Waals surface area contributed by atoms with E-state index in [-0.39, 0.29) is 11.9 Å². The first kappa shape index (κ1) is 26.6. The van der Waals surface area contributed by atoms with Crippen molar-refractivity contribution in [2.24, 2.45) is 0 Å². The predicted molar refractivity (Wildman–Crippen MR) is 149 cm³/mol. The number of aryl methyl sites for hydroxylation is 1. The van der Waals surface area contributed by atoms with Crippen molar-refractivity contribution in [2.45, 2.75) is 25.9 Å². The van der Waals surface area contributed by atoms with E-state index in [9.17, 15) is 4.79 Å². The van der Waals surface area contributed by atoms with Crippen LogP contribution in [0.1, 0.15) is 17.7 Å². The first-order valence-electron chi connectivity index (χ1n) is 12.9. The van der Waals surface area contributed by atoms with E-state index in [2.05, 4.69) is 30.1 Å². The van der Waals surface area contributed by atoms with Crippen LogP contribution < -0.4 is 15.0 Å². The van der Waals surface area contributed by atoms with Gasteiger partial charge in [0.15, 0.2) is 0 Å². The number of ether oxygens (including phenoxy) is 1. The summed E-state index contributed by atoms with van der Waals surface area (Å²) in [5.74, 6) is 1.85. The third kappa shape index (κ3) is 7.30. The summed E-state index contributed by atoms with van der Waals surface area (Å²) in [6, 6.07) is 15.4. The van der Waals surface area contributed by atoms with E-state index in [1.807, 2.05) is 49.4 Å². The van der Waals surface area contributed by atoms with Crippen molar-refractivity contribution in [3.63, 3.8) is 0 Å². The van der Waals surface area contributed by atoms with E-state index in [1.54, 1.807) is 35.6 Å². The fourth-order valence-corrected chi connectivity index (χ4v) is 4.75. The van der Waals surface area contributed by atoms with Crippen molar-refractivity contribution in [2.75, 3.05) is 37.7 Å².